The Morgan fingerprint density at radius 2 is 1.25 bits per heavy atom. The zero-order valence-corrected chi connectivity index (χ0v) is 30.6. The van der Waals surface area contributed by atoms with Crippen molar-refractivity contribution in [2.24, 2.45) is 0 Å². The summed E-state index contributed by atoms with van der Waals surface area (Å²) in [5.74, 6) is 4.70. The fourth-order valence-corrected chi connectivity index (χ4v) is 7.75. The molecule has 0 bridgehead atoms. The molecule has 7 heterocycles. The molecule has 0 spiro atoms. The Bertz CT molecular complexity index is 2010. The minimum absolute atomic E-state index is 0. The summed E-state index contributed by atoms with van der Waals surface area (Å²) < 4.78 is 33.3. The fourth-order valence-electron chi connectivity index (χ4n) is 7.75. The largest absolute Gasteiger partial charge is 0.454 e. The van der Waals surface area contributed by atoms with Crippen LogP contribution in [0.4, 0.5) is 12.0 Å². The Morgan fingerprint density at radius 3 is 1.87 bits per heavy atom. The van der Waals surface area contributed by atoms with Crippen LogP contribution in [0.15, 0.2) is 39.3 Å². The van der Waals surface area contributed by atoms with E-state index in [4.69, 9.17) is 27.8 Å². The number of ether oxygens (including phenoxy) is 4. The Morgan fingerprint density at radius 1 is 0.655 bits per heavy atom. The van der Waals surface area contributed by atoms with Gasteiger partial charge in [0.15, 0.2) is 23.0 Å². The summed E-state index contributed by atoms with van der Waals surface area (Å²) in [6, 6.07) is 7.57. The molecule has 0 unspecified atom stereocenters. The van der Waals surface area contributed by atoms with Gasteiger partial charge in [-0.05, 0) is 70.5 Å². The van der Waals surface area contributed by atoms with Crippen LogP contribution in [0.3, 0.4) is 0 Å². The van der Waals surface area contributed by atoms with Crippen LogP contribution < -0.4 is 29.6 Å². The van der Waals surface area contributed by atoms with Crippen LogP contribution in [0.25, 0.3) is 0 Å². The van der Waals surface area contributed by atoms with E-state index in [-0.39, 0.29) is 52.4 Å². The molecule has 3 aromatic heterocycles. The van der Waals surface area contributed by atoms with E-state index in [1.165, 1.54) is 6.42 Å². The molecular formula is C38H49N9O8. The summed E-state index contributed by atoms with van der Waals surface area (Å²) in [7, 11) is 0. The van der Waals surface area contributed by atoms with Crippen LogP contribution in [-0.2, 0) is 22.7 Å². The van der Waals surface area contributed by atoms with Gasteiger partial charge in [0.25, 0.3) is 0 Å². The molecule has 17 heteroatoms. The number of benzene rings is 1. The number of rotatable bonds is 10. The van der Waals surface area contributed by atoms with E-state index in [1.54, 1.807) is 12.3 Å². The number of nitrogens with one attached hydrogen (secondary N) is 2. The van der Waals surface area contributed by atoms with Gasteiger partial charge in [0.05, 0.1) is 12.1 Å². The molecule has 2 saturated carbocycles. The van der Waals surface area contributed by atoms with Gasteiger partial charge >= 0.3 is 12.0 Å². The first-order valence-electron chi connectivity index (χ1n) is 19.4. The number of nitrogens with zero attached hydrogens (tertiary/aromatic N) is 7. The zero-order chi connectivity index (χ0) is 37.1. The predicted molar refractivity (Wildman–Crippen MR) is 198 cm³/mol. The summed E-state index contributed by atoms with van der Waals surface area (Å²) in [5.41, 5.74) is 1.83. The molecule has 6 aliphatic rings. The van der Waals surface area contributed by atoms with E-state index in [9.17, 15) is 9.59 Å². The van der Waals surface area contributed by atoms with Crippen LogP contribution >= 0.6 is 0 Å². The average molecular weight is 760 g/mol. The number of fused-ring (bicyclic) bond motifs is 2. The Labute approximate surface area is 320 Å². The van der Waals surface area contributed by atoms with Gasteiger partial charge in [-0.15, -0.1) is 10.2 Å². The van der Waals surface area contributed by atoms with Gasteiger partial charge in [-0.2, -0.15) is 0 Å². The van der Waals surface area contributed by atoms with Crippen molar-refractivity contribution >= 4 is 23.8 Å². The molecule has 1 aromatic carbocycles. The maximum absolute atomic E-state index is 12.9. The van der Waals surface area contributed by atoms with E-state index in [2.05, 4.69) is 45.8 Å². The summed E-state index contributed by atoms with van der Waals surface area (Å²) in [6.07, 6.45) is 13.0. The normalized spacial score (nSPS) is 22.0. The lowest BCUT2D eigenvalue weighted by Crippen LogP contribution is -2.46. The first kappa shape index (κ1) is 35.4. The lowest BCUT2D eigenvalue weighted by atomic mass is 9.85. The maximum atomic E-state index is 12.9. The molecule has 4 aromatic rings. The number of aromatic nitrogens is 5. The highest BCUT2D eigenvalue weighted by Gasteiger charge is 2.35. The highest BCUT2D eigenvalue weighted by Crippen LogP contribution is 2.40. The molecular weight excluding hydrogens is 710 g/mol. The maximum Gasteiger partial charge on any atom is 0.322 e. The second kappa shape index (κ2) is 15.8. The zero-order valence-electron chi connectivity index (χ0n) is 30.6. The van der Waals surface area contributed by atoms with E-state index in [1.807, 2.05) is 18.2 Å². The Hall–Kier alpha value is -5.29. The molecule has 10 rings (SSSR count). The van der Waals surface area contributed by atoms with E-state index >= 15 is 0 Å². The molecule has 2 N–H and O–H groups in total. The van der Waals surface area contributed by atoms with E-state index in [0.29, 0.717) is 48.2 Å². The van der Waals surface area contributed by atoms with E-state index < -0.39 is 0 Å². The third-order valence-electron chi connectivity index (χ3n) is 11.1. The van der Waals surface area contributed by atoms with E-state index in [0.717, 1.165) is 100 Å². The van der Waals surface area contributed by atoms with Crippen LogP contribution in [0, 0.1) is 0 Å². The lowest BCUT2D eigenvalue weighted by molar-refractivity contribution is -0.123. The number of hydrogen-bond donors (Lipinski definition) is 2. The number of hydrogen-bond acceptors (Lipinski definition) is 15. The van der Waals surface area contributed by atoms with Gasteiger partial charge in [0.2, 0.25) is 37.2 Å². The highest BCUT2D eigenvalue weighted by molar-refractivity contribution is 5.93. The van der Waals surface area contributed by atoms with Gasteiger partial charge in [-0.1, -0.05) is 41.6 Å². The van der Waals surface area contributed by atoms with Crippen LogP contribution in [0.5, 0.6) is 23.0 Å². The molecule has 0 radical (unpaired) electrons. The van der Waals surface area contributed by atoms with Crippen molar-refractivity contribution in [1.82, 2.24) is 35.2 Å². The van der Waals surface area contributed by atoms with Crippen molar-refractivity contribution < 1.29 is 40.2 Å². The third kappa shape index (κ3) is 7.94. The number of anilines is 2. The molecule has 2 aliphatic carbocycles. The van der Waals surface area contributed by atoms with Crippen molar-refractivity contribution in [2.45, 2.75) is 108 Å². The van der Waals surface area contributed by atoms with Gasteiger partial charge in [-0.25, -0.2) is 0 Å². The smallest absolute Gasteiger partial charge is 0.322 e. The van der Waals surface area contributed by atoms with Gasteiger partial charge in [-0.3, -0.25) is 35.0 Å². The topological polar surface area (TPSA) is 192 Å². The number of likely N-dealkylation sites (tertiary alicyclic amines) is 2. The second-order valence-corrected chi connectivity index (χ2v) is 14.9. The number of carbonyl (C=O) groups excluding carboxylic acids is 2. The average Bonchev–Trinajstić information content (AvgIpc) is 3.60. The van der Waals surface area contributed by atoms with Gasteiger partial charge in [0.1, 0.15) is 5.69 Å². The monoisotopic (exact) mass is 759 g/mol. The molecule has 4 aliphatic heterocycles. The number of pyridine rings is 1. The molecule has 2 amide bonds. The van der Waals surface area contributed by atoms with Gasteiger partial charge in [0, 0.05) is 45.6 Å². The van der Waals surface area contributed by atoms with Crippen molar-refractivity contribution in [2.75, 3.05) is 37.3 Å². The van der Waals surface area contributed by atoms with Crippen molar-refractivity contribution in [3.63, 3.8) is 0 Å². The number of carbonyl (C=O) groups is 2. The van der Waals surface area contributed by atoms with Crippen LogP contribution in [0.2, 0.25) is 0 Å². The molecule has 2 saturated heterocycles. The van der Waals surface area contributed by atoms with Crippen molar-refractivity contribution in [3.05, 3.63) is 53.5 Å². The quantitative estimate of drug-likeness (QED) is 0.202. The summed E-state index contributed by atoms with van der Waals surface area (Å²) in [5, 5.41) is 21.7. The molecule has 4 fully saturated rings. The number of piperidine rings is 2. The summed E-state index contributed by atoms with van der Waals surface area (Å²) in [6.45, 7) is 3.31. The highest BCUT2D eigenvalue weighted by atomic mass is 16.7. The lowest BCUT2D eigenvalue weighted by Gasteiger charge is -2.34. The van der Waals surface area contributed by atoms with Crippen molar-refractivity contribution in [1.29, 1.82) is 0 Å². The SMILES string of the molecule is O=C(Nc1nnc(C2CC2)o1)[C@H]1CCCCN1Cc1nccc2c1OCO2.O=C(Nc1nnc(C2CCC2)o1)[C@H]1CCCCN1Cc1cccc2c1OCO2.[HH].[HH]. The third-order valence-corrected chi connectivity index (χ3v) is 11.1. The van der Waals surface area contributed by atoms with Crippen LogP contribution in [-0.4, -0.2) is 85.8 Å². The van der Waals surface area contributed by atoms with Crippen LogP contribution in [0.1, 0.15) is 108 Å². The Kier molecular flexibility index (Phi) is 10.2. The molecule has 55 heavy (non-hydrogen) atoms. The Balaban J connectivity index is 0.000000168. The summed E-state index contributed by atoms with van der Waals surface area (Å²) in [4.78, 5) is 34.5. The molecule has 17 nitrogen and oxygen atoms in total. The molecule has 2 atom stereocenters. The first-order valence-corrected chi connectivity index (χ1v) is 19.4. The minimum atomic E-state index is -0.269. The number of para-hydroxylation sites is 1. The standard InChI is InChI=1S/C20H24N4O4.C18H21N5O4.2H2/c25-18(21-20-23-22-19(28-20)13-5-3-6-13)15-8-1-2-10-24(15)11-14-7-4-9-16-17(14)27-12-26-16;24-16(20-18-22-21-17(27-18)11-4-5-11)13-3-1-2-8-23(13)9-12-15-14(6-7-19-12)25-10-26-15;;/h4,7,9,13,15H,1-3,5-6,8,10-12H2,(H,21,23,25);6-7,11,13H,1-5,8-10H2,(H,20,22,24);2*1H/t15-;13-;;/m11../s1. The second-order valence-electron chi connectivity index (χ2n) is 14.9. The first-order chi connectivity index (χ1) is 27.1. The van der Waals surface area contributed by atoms with Crippen molar-refractivity contribution in [3.8, 4) is 23.0 Å². The predicted octanol–water partition coefficient (Wildman–Crippen LogP) is 5.61. The number of amides is 2. The molecule has 294 valence electrons. The minimum Gasteiger partial charge on any atom is -0.454 e. The van der Waals surface area contributed by atoms with Gasteiger partial charge < -0.3 is 27.8 Å². The fraction of sp³-hybridized carbons (Fsp3) is 0.553. The summed E-state index contributed by atoms with van der Waals surface area (Å²) >= 11 is 0.